The molecule has 0 aliphatic carbocycles. The molecule has 0 saturated carbocycles. The SMILES string of the molecule is CC(C)n1c([C@H](O)c2ccc3c(c2)OCO3)nc2ccccc21. The van der Waals surface area contributed by atoms with Gasteiger partial charge in [0.2, 0.25) is 6.79 Å². The molecule has 2 heterocycles. The van der Waals surface area contributed by atoms with Gasteiger partial charge >= 0.3 is 0 Å². The average Bonchev–Trinajstić information content (AvgIpc) is 3.17. The third-order valence-electron chi connectivity index (χ3n) is 4.10. The molecule has 0 saturated heterocycles. The minimum Gasteiger partial charge on any atom is -0.454 e. The van der Waals surface area contributed by atoms with Gasteiger partial charge in [-0.05, 0) is 43.7 Å². The molecule has 2 aromatic carbocycles. The zero-order valence-corrected chi connectivity index (χ0v) is 13.1. The van der Waals surface area contributed by atoms with Gasteiger partial charge in [-0.3, -0.25) is 0 Å². The predicted octanol–water partition coefficient (Wildman–Crippen LogP) is 3.43. The lowest BCUT2D eigenvalue weighted by molar-refractivity contribution is 0.173. The van der Waals surface area contributed by atoms with Crippen LogP contribution < -0.4 is 9.47 Å². The van der Waals surface area contributed by atoms with Gasteiger partial charge in [-0.25, -0.2) is 4.98 Å². The first-order valence-corrected chi connectivity index (χ1v) is 7.69. The van der Waals surface area contributed by atoms with Crippen molar-refractivity contribution in [3.63, 3.8) is 0 Å². The smallest absolute Gasteiger partial charge is 0.231 e. The molecule has 4 rings (SSSR count). The van der Waals surface area contributed by atoms with Crippen LogP contribution in [0.5, 0.6) is 11.5 Å². The molecule has 1 N–H and O–H groups in total. The number of benzene rings is 2. The van der Waals surface area contributed by atoms with Crippen molar-refractivity contribution in [1.82, 2.24) is 9.55 Å². The molecule has 0 unspecified atom stereocenters. The Morgan fingerprint density at radius 1 is 1.09 bits per heavy atom. The van der Waals surface area contributed by atoms with Crippen molar-refractivity contribution in [1.29, 1.82) is 0 Å². The summed E-state index contributed by atoms with van der Waals surface area (Å²) in [5, 5.41) is 10.9. The van der Waals surface area contributed by atoms with Crippen molar-refractivity contribution in [2.45, 2.75) is 26.0 Å². The Morgan fingerprint density at radius 3 is 2.70 bits per heavy atom. The van der Waals surface area contributed by atoms with Crippen molar-refractivity contribution in [3.05, 3.63) is 53.9 Å². The van der Waals surface area contributed by atoms with Crippen LogP contribution in [0.2, 0.25) is 0 Å². The Balaban J connectivity index is 1.83. The van der Waals surface area contributed by atoms with Crippen LogP contribution >= 0.6 is 0 Å². The molecule has 1 atom stereocenters. The summed E-state index contributed by atoms with van der Waals surface area (Å²) in [5.41, 5.74) is 2.65. The first kappa shape index (κ1) is 14.1. The van der Waals surface area contributed by atoms with Gasteiger partial charge in [-0.15, -0.1) is 0 Å². The molecule has 5 nitrogen and oxygen atoms in total. The molecular weight excluding hydrogens is 292 g/mol. The van der Waals surface area contributed by atoms with Crippen molar-refractivity contribution < 1.29 is 14.6 Å². The minimum absolute atomic E-state index is 0.195. The van der Waals surface area contributed by atoms with Gasteiger partial charge in [0.05, 0.1) is 11.0 Å². The van der Waals surface area contributed by atoms with Crippen LogP contribution in [0.1, 0.15) is 37.4 Å². The molecule has 1 aliphatic rings. The maximum Gasteiger partial charge on any atom is 0.231 e. The molecule has 0 fully saturated rings. The van der Waals surface area contributed by atoms with Gasteiger partial charge in [0.1, 0.15) is 11.9 Å². The summed E-state index contributed by atoms with van der Waals surface area (Å²) in [5.74, 6) is 2.01. The number of para-hydroxylation sites is 2. The Morgan fingerprint density at radius 2 is 1.87 bits per heavy atom. The highest BCUT2D eigenvalue weighted by molar-refractivity contribution is 5.76. The lowest BCUT2D eigenvalue weighted by Gasteiger charge is -2.17. The third kappa shape index (κ3) is 2.24. The number of hydrogen-bond acceptors (Lipinski definition) is 4. The van der Waals surface area contributed by atoms with Crippen LogP contribution in [0.25, 0.3) is 11.0 Å². The van der Waals surface area contributed by atoms with Crippen LogP contribution in [-0.4, -0.2) is 21.5 Å². The number of fused-ring (bicyclic) bond motifs is 2. The molecule has 1 aromatic heterocycles. The molecule has 5 heteroatoms. The van der Waals surface area contributed by atoms with Gasteiger partial charge in [0.25, 0.3) is 0 Å². The second kappa shape index (κ2) is 5.28. The maximum atomic E-state index is 10.9. The summed E-state index contributed by atoms with van der Waals surface area (Å²) in [7, 11) is 0. The molecule has 0 spiro atoms. The van der Waals surface area contributed by atoms with E-state index in [0.29, 0.717) is 17.3 Å². The average molecular weight is 310 g/mol. The molecule has 0 radical (unpaired) electrons. The molecule has 0 bridgehead atoms. The van der Waals surface area contributed by atoms with Crippen molar-refractivity contribution in [2.75, 3.05) is 6.79 Å². The highest BCUT2D eigenvalue weighted by Gasteiger charge is 2.23. The topological polar surface area (TPSA) is 56.5 Å². The second-order valence-corrected chi connectivity index (χ2v) is 5.94. The third-order valence-corrected chi connectivity index (χ3v) is 4.10. The Labute approximate surface area is 134 Å². The number of aliphatic hydroxyl groups is 1. The quantitative estimate of drug-likeness (QED) is 0.805. The van der Waals surface area contributed by atoms with E-state index in [-0.39, 0.29) is 12.8 Å². The number of ether oxygens (including phenoxy) is 2. The summed E-state index contributed by atoms with van der Waals surface area (Å²) in [6, 6.07) is 13.6. The number of aliphatic hydroxyl groups excluding tert-OH is 1. The highest BCUT2D eigenvalue weighted by Crippen LogP contribution is 2.36. The van der Waals surface area contributed by atoms with Crippen LogP contribution in [-0.2, 0) is 0 Å². The number of rotatable bonds is 3. The monoisotopic (exact) mass is 310 g/mol. The molecule has 23 heavy (non-hydrogen) atoms. The van der Waals surface area contributed by atoms with Gasteiger partial charge < -0.3 is 19.1 Å². The first-order chi connectivity index (χ1) is 11.1. The van der Waals surface area contributed by atoms with E-state index in [1.54, 1.807) is 0 Å². The zero-order valence-electron chi connectivity index (χ0n) is 13.1. The number of hydrogen-bond donors (Lipinski definition) is 1. The molecule has 1 aliphatic heterocycles. The van der Waals surface area contributed by atoms with Crippen LogP contribution in [0.4, 0.5) is 0 Å². The predicted molar refractivity (Wildman–Crippen MR) is 86.7 cm³/mol. The highest BCUT2D eigenvalue weighted by atomic mass is 16.7. The standard InChI is InChI=1S/C18H18N2O3/c1-11(2)20-14-6-4-3-5-13(14)19-18(20)17(21)12-7-8-15-16(9-12)23-10-22-15/h3-9,11,17,21H,10H2,1-2H3/t17-/m1/s1. The Kier molecular flexibility index (Phi) is 3.23. The molecule has 3 aromatic rings. The summed E-state index contributed by atoms with van der Waals surface area (Å²) < 4.78 is 12.8. The lowest BCUT2D eigenvalue weighted by Crippen LogP contribution is -2.12. The maximum absolute atomic E-state index is 10.9. The molecular formula is C18H18N2O3. The van der Waals surface area contributed by atoms with E-state index in [1.807, 2.05) is 42.5 Å². The zero-order chi connectivity index (χ0) is 16.0. The summed E-state index contributed by atoms with van der Waals surface area (Å²) in [6.45, 7) is 4.40. The van der Waals surface area contributed by atoms with E-state index < -0.39 is 6.10 Å². The van der Waals surface area contributed by atoms with Crippen molar-refractivity contribution in [2.24, 2.45) is 0 Å². The van der Waals surface area contributed by atoms with E-state index in [2.05, 4.69) is 23.4 Å². The molecule has 118 valence electrons. The number of aromatic nitrogens is 2. The van der Waals surface area contributed by atoms with Gasteiger partial charge in [0.15, 0.2) is 11.5 Å². The fourth-order valence-corrected chi connectivity index (χ4v) is 3.03. The first-order valence-electron chi connectivity index (χ1n) is 7.69. The number of imidazole rings is 1. The Hall–Kier alpha value is -2.53. The van der Waals surface area contributed by atoms with E-state index in [0.717, 1.165) is 16.6 Å². The summed E-state index contributed by atoms with van der Waals surface area (Å²) in [4.78, 5) is 4.64. The van der Waals surface area contributed by atoms with Crippen LogP contribution in [0.15, 0.2) is 42.5 Å². The Bertz CT molecular complexity index is 870. The van der Waals surface area contributed by atoms with Gasteiger partial charge in [-0.2, -0.15) is 0 Å². The largest absolute Gasteiger partial charge is 0.454 e. The van der Waals surface area contributed by atoms with Crippen molar-refractivity contribution >= 4 is 11.0 Å². The van der Waals surface area contributed by atoms with E-state index in [4.69, 9.17) is 9.47 Å². The second-order valence-electron chi connectivity index (χ2n) is 5.94. The molecule has 0 amide bonds. The van der Waals surface area contributed by atoms with Gasteiger partial charge in [0, 0.05) is 6.04 Å². The van der Waals surface area contributed by atoms with Crippen LogP contribution in [0.3, 0.4) is 0 Å². The summed E-state index contributed by atoms with van der Waals surface area (Å²) in [6.07, 6.45) is -0.820. The summed E-state index contributed by atoms with van der Waals surface area (Å²) >= 11 is 0. The van der Waals surface area contributed by atoms with E-state index in [1.165, 1.54) is 0 Å². The van der Waals surface area contributed by atoms with E-state index >= 15 is 0 Å². The van der Waals surface area contributed by atoms with E-state index in [9.17, 15) is 5.11 Å². The lowest BCUT2D eigenvalue weighted by atomic mass is 10.1. The van der Waals surface area contributed by atoms with Crippen molar-refractivity contribution in [3.8, 4) is 11.5 Å². The minimum atomic E-state index is -0.820. The fourth-order valence-electron chi connectivity index (χ4n) is 3.03. The van der Waals surface area contributed by atoms with Crippen LogP contribution in [0, 0.1) is 0 Å². The van der Waals surface area contributed by atoms with Gasteiger partial charge in [-0.1, -0.05) is 18.2 Å². The normalized spacial score (nSPS) is 14.6. The fraction of sp³-hybridized carbons (Fsp3) is 0.278. The number of nitrogens with zero attached hydrogens (tertiary/aromatic N) is 2.